The zero-order valence-corrected chi connectivity index (χ0v) is 15.1. The van der Waals surface area contributed by atoms with E-state index in [0.29, 0.717) is 23.7 Å². The quantitative estimate of drug-likeness (QED) is 0.766. The van der Waals surface area contributed by atoms with Crippen molar-refractivity contribution in [1.82, 2.24) is 9.21 Å². The molecule has 132 valence electrons. The van der Waals surface area contributed by atoms with Crippen molar-refractivity contribution in [3.63, 3.8) is 0 Å². The molecule has 1 spiro atoms. The van der Waals surface area contributed by atoms with Gasteiger partial charge in [-0.1, -0.05) is 6.08 Å². The van der Waals surface area contributed by atoms with Crippen molar-refractivity contribution in [2.24, 2.45) is 0 Å². The van der Waals surface area contributed by atoms with Crippen molar-refractivity contribution < 1.29 is 13.2 Å². The highest BCUT2D eigenvalue weighted by Gasteiger charge is 2.45. The lowest BCUT2D eigenvalue weighted by molar-refractivity contribution is 0.0841. The summed E-state index contributed by atoms with van der Waals surface area (Å²) >= 11 is 0. The number of rotatable bonds is 5. The number of nitrogens with zero attached hydrogens (tertiary/aromatic N) is 2. The molecule has 0 N–H and O–H groups in total. The summed E-state index contributed by atoms with van der Waals surface area (Å²) in [5, 5.41) is 0. The lowest BCUT2D eigenvalue weighted by Gasteiger charge is -2.45. The first-order valence-electron chi connectivity index (χ1n) is 8.52. The third-order valence-corrected chi connectivity index (χ3v) is 7.17. The Bertz CT molecular complexity index is 687. The third kappa shape index (κ3) is 3.10. The summed E-state index contributed by atoms with van der Waals surface area (Å²) in [5.41, 5.74) is -0.0218. The van der Waals surface area contributed by atoms with Crippen molar-refractivity contribution in [1.29, 1.82) is 0 Å². The van der Waals surface area contributed by atoms with Gasteiger partial charge in [0.1, 0.15) is 5.75 Å². The van der Waals surface area contributed by atoms with Crippen LogP contribution in [0, 0.1) is 0 Å². The molecule has 2 aliphatic rings. The second-order valence-corrected chi connectivity index (χ2v) is 8.62. The van der Waals surface area contributed by atoms with Crippen LogP contribution in [0.3, 0.4) is 0 Å². The van der Waals surface area contributed by atoms with Crippen molar-refractivity contribution in [3.8, 4) is 5.75 Å². The van der Waals surface area contributed by atoms with E-state index in [9.17, 15) is 8.42 Å². The first-order chi connectivity index (χ1) is 11.5. The minimum atomic E-state index is -3.46. The highest BCUT2D eigenvalue weighted by molar-refractivity contribution is 7.89. The summed E-state index contributed by atoms with van der Waals surface area (Å²) in [4.78, 5) is 2.75. The van der Waals surface area contributed by atoms with Crippen LogP contribution < -0.4 is 4.74 Å². The molecule has 2 heterocycles. The summed E-state index contributed by atoms with van der Waals surface area (Å²) < 4.78 is 32.9. The van der Waals surface area contributed by atoms with Gasteiger partial charge < -0.3 is 4.74 Å². The van der Waals surface area contributed by atoms with Crippen molar-refractivity contribution in [3.05, 3.63) is 36.9 Å². The smallest absolute Gasteiger partial charge is 0.243 e. The fourth-order valence-corrected chi connectivity index (χ4v) is 5.63. The van der Waals surface area contributed by atoms with E-state index in [1.54, 1.807) is 35.7 Å². The Morgan fingerprint density at radius 3 is 2.50 bits per heavy atom. The number of hydrogen-bond acceptors (Lipinski definition) is 4. The molecular weight excluding hydrogens is 324 g/mol. The first kappa shape index (κ1) is 17.5. The van der Waals surface area contributed by atoms with Gasteiger partial charge in [-0.15, -0.1) is 6.58 Å². The molecule has 3 rings (SSSR count). The van der Waals surface area contributed by atoms with Crippen LogP contribution in [-0.4, -0.2) is 56.5 Å². The molecule has 2 fully saturated rings. The van der Waals surface area contributed by atoms with E-state index >= 15 is 0 Å². The average molecular weight is 350 g/mol. The maximum Gasteiger partial charge on any atom is 0.243 e. The Labute approximate surface area is 145 Å². The number of methoxy groups -OCH3 is 1. The van der Waals surface area contributed by atoms with Crippen LogP contribution in [0.5, 0.6) is 5.75 Å². The van der Waals surface area contributed by atoms with E-state index in [4.69, 9.17) is 4.74 Å². The Balaban J connectivity index is 1.84. The van der Waals surface area contributed by atoms with Gasteiger partial charge in [-0.25, -0.2) is 8.42 Å². The van der Waals surface area contributed by atoms with Crippen LogP contribution >= 0.6 is 0 Å². The molecule has 0 aliphatic carbocycles. The molecule has 1 aromatic rings. The highest BCUT2D eigenvalue weighted by atomic mass is 32.2. The van der Waals surface area contributed by atoms with Gasteiger partial charge in [0, 0.05) is 25.2 Å². The van der Waals surface area contributed by atoms with Crippen LogP contribution in [0.25, 0.3) is 0 Å². The summed E-state index contributed by atoms with van der Waals surface area (Å²) in [6.45, 7) is 6.88. The second kappa shape index (κ2) is 6.86. The van der Waals surface area contributed by atoms with Crippen LogP contribution in [0.2, 0.25) is 0 Å². The fourth-order valence-electron chi connectivity index (χ4n) is 4.07. The Hall–Kier alpha value is -1.37. The topological polar surface area (TPSA) is 49.9 Å². The first-order valence-corrected chi connectivity index (χ1v) is 9.96. The molecule has 6 heteroatoms. The summed E-state index contributed by atoms with van der Waals surface area (Å²) in [6, 6.07) is 6.66. The molecule has 2 aliphatic heterocycles. The van der Waals surface area contributed by atoms with Gasteiger partial charge in [-0.3, -0.25) is 4.90 Å². The zero-order chi connectivity index (χ0) is 17.2. The predicted octanol–water partition coefficient (Wildman–Crippen LogP) is 2.50. The van der Waals surface area contributed by atoms with Crippen molar-refractivity contribution >= 4 is 10.0 Å². The lowest BCUT2D eigenvalue weighted by atomic mass is 9.87. The molecule has 1 atom stereocenters. The molecule has 0 amide bonds. The molecule has 0 saturated carbocycles. The van der Waals surface area contributed by atoms with Crippen LogP contribution in [-0.2, 0) is 10.0 Å². The average Bonchev–Trinajstić information content (AvgIpc) is 2.97. The SMILES string of the molecule is C=CCN1CCC[C@]12CCCN(S(=O)(=O)c1ccc(OC)cc1)C2. The standard InChI is InChI=1S/C18H26N2O3S/c1-3-12-19-13-4-10-18(19)11-5-14-20(15-18)24(21,22)17-8-6-16(23-2)7-9-17/h3,6-9H,1,4-5,10-15H2,2H3/t18-/m1/s1. The molecule has 1 aromatic carbocycles. The monoisotopic (exact) mass is 350 g/mol. The van der Waals surface area contributed by atoms with E-state index < -0.39 is 10.0 Å². The van der Waals surface area contributed by atoms with Crippen LogP contribution in [0.4, 0.5) is 0 Å². The van der Waals surface area contributed by atoms with E-state index in [-0.39, 0.29) is 5.54 Å². The minimum absolute atomic E-state index is 0.0218. The molecule has 5 nitrogen and oxygen atoms in total. The molecule has 2 saturated heterocycles. The maximum absolute atomic E-state index is 13.0. The van der Waals surface area contributed by atoms with Crippen molar-refractivity contribution in [2.45, 2.75) is 36.1 Å². The van der Waals surface area contributed by atoms with E-state index in [1.807, 2.05) is 6.08 Å². The zero-order valence-electron chi connectivity index (χ0n) is 14.3. The number of ether oxygens (including phenoxy) is 1. The molecule has 0 aromatic heterocycles. The van der Waals surface area contributed by atoms with Gasteiger partial charge in [-0.2, -0.15) is 4.31 Å². The Morgan fingerprint density at radius 1 is 1.21 bits per heavy atom. The maximum atomic E-state index is 13.0. The lowest BCUT2D eigenvalue weighted by Crippen LogP contribution is -2.56. The van der Waals surface area contributed by atoms with Gasteiger partial charge in [0.2, 0.25) is 10.0 Å². The highest BCUT2D eigenvalue weighted by Crippen LogP contribution is 2.38. The number of piperidine rings is 1. The molecule has 0 radical (unpaired) electrons. The molecule has 0 bridgehead atoms. The number of likely N-dealkylation sites (tertiary alicyclic amines) is 1. The van der Waals surface area contributed by atoms with Crippen LogP contribution in [0.1, 0.15) is 25.7 Å². The van der Waals surface area contributed by atoms with Gasteiger partial charge in [-0.05, 0) is 56.5 Å². The van der Waals surface area contributed by atoms with Gasteiger partial charge in [0.15, 0.2) is 0 Å². The van der Waals surface area contributed by atoms with Crippen molar-refractivity contribution in [2.75, 3.05) is 33.3 Å². The number of sulfonamides is 1. The van der Waals surface area contributed by atoms with E-state index in [2.05, 4.69) is 11.5 Å². The molecular formula is C18H26N2O3S. The van der Waals surface area contributed by atoms with E-state index in [1.165, 1.54) is 0 Å². The normalized spacial score (nSPS) is 25.9. The van der Waals surface area contributed by atoms with Gasteiger partial charge in [0.25, 0.3) is 0 Å². The predicted molar refractivity (Wildman–Crippen MR) is 94.7 cm³/mol. The molecule has 24 heavy (non-hydrogen) atoms. The van der Waals surface area contributed by atoms with Crippen LogP contribution in [0.15, 0.2) is 41.8 Å². The second-order valence-electron chi connectivity index (χ2n) is 6.68. The summed E-state index contributed by atoms with van der Waals surface area (Å²) in [6.07, 6.45) is 6.09. The van der Waals surface area contributed by atoms with Gasteiger partial charge in [0.05, 0.1) is 12.0 Å². The minimum Gasteiger partial charge on any atom is -0.497 e. The largest absolute Gasteiger partial charge is 0.497 e. The van der Waals surface area contributed by atoms with E-state index in [0.717, 1.165) is 38.8 Å². The number of benzene rings is 1. The van der Waals surface area contributed by atoms with Gasteiger partial charge >= 0.3 is 0 Å². The number of hydrogen-bond donors (Lipinski definition) is 0. The summed E-state index contributed by atoms with van der Waals surface area (Å²) in [5.74, 6) is 0.664. The molecule has 0 unspecified atom stereocenters. The third-order valence-electron chi connectivity index (χ3n) is 5.31. The Morgan fingerprint density at radius 2 is 1.88 bits per heavy atom. The summed E-state index contributed by atoms with van der Waals surface area (Å²) in [7, 11) is -1.89. The Kier molecular flexibility index (Phi) is 4.99. The fraction of sp³-hybridized carbons (Fsp3) is 0.556.